The second-order valence-corrected chi connectivity index (χ2v) is 6.61. The van der Waals surface area contributed by atoms with E-state index in [1.807, 2.05) is 29.3 Å². The van der Waals surface area contributed by atoms with Crippen LogP contribution >= 0.6 is 0 Å². The second kappa shape index (κ2) is 6.22. The first-order valence-electron chi connectivity index (χ1n) is 8.49. The third kappa shape index (κ3) is 2.79. The molecule has 0 fully saturated rings. The molecule has 26 heavy (non-hydrogen) atoms. The molecule has 0 unspecified atom stereocenters. The molecule has 3 aromatic heterocycles. The third-order valence-electron chi connectivity index (χ3n) is 4.35. The number of pyridine rings is 1. The van der Waals surface area contributed by atoms with Crippen LogP contribution in [0.25, 0.3) is 22.6 Å². The van der Waals surface area contributed by atoms with E-state index in [4.69, 9.17) is 0 Å². The van der Waals surface area contributed by atoms with Crippen molar-refractivity contribution in [3.8, 4) is 22.6 Å². The smallest absolute Gasteiger partial charge is 0.147 e. The Hall–Kier alpha value is -3.28. The van der Waals surface area contributed by atoms with Gasteiger partial charge in [-0.05, 0) is 57.0 Å². The number of nitrogens with zero attached hydrogens (tertiary/aromatic N) is 6. The monoisotopic (exact) mass is 344 g/mol. The summed E-state index contributed by atoms with van der Waals surface area (Å²) in [7, 11) is 0. The summed E-state index contributed by atoms with van der Waals surface area (Å²) in [6.45, 7) is 8.22. The van der Waals surface area contributed by atoms with Gasteiger partial charge in [-0.2, -0.15) is 5.10 Å². The molecule has 0 saturated carbocycles. The Morgan fingerprint density at radius 3 is 2.27 bits per heavy atom. The Labute approximate surface area is 152 Å². The molecule has 6 nitrogen and oxygen atoms in total. The molecule has 0 saturated heterocycles. The van der Waals surface area contributed by atoms with Crippen molar-refractivity contribution in [2.24, 2.45) is 0 Å². The quantitative estimate of drug-likeness (QED) is 0.568. The van der Waals surface area contributed by atoms with Gasteiger partial charge in [-0.1, -0.05) is 12.1 Å². The van der Waals surface area contributed by atoms with Crippen LogP contribution in [0.5, 0.6) is 0 Å². The van der Waals surface area contributed by atoms with Gasteiger partial charge in [-0.15, -0.1) is 10.2 Å². The van der Waals surface area contributed by atoms with E-state index in [2.05, 4.69) is 64.5 Å². The first-order valence-corrected chi connectivity index (χ1v) is 8.49. The molecule has 0 amide bonds. The van der Waals surface area contributed by atoms with Crippen molar-refractivity contribution in [2.45, 2.75) is 27.7 Å². The minimum Gasteiger partial charge on any atom is -0.271 e. The molecule has 0 bridgehead atoms. The van der Waals surface area contributed by atoms with E-state index in [-0.39, 0.29) is 0 Å². The molecular weight excluding hydrogens is 324 g/mol. The van der Waals surface area contributed by atoms with Crippen LogP contribution in [-0.2, 0) is 0 Å². The summed E-state index contributed by atoms with van der Waals surface area (Å²) in [5.74, 6) is 0.798. The average Bonchev–Trinajstić information content (AvgIpc) is 3.24. The van der Waals surface area contributed by atoms with Gasteiger partial charge < -0.3 is 0 Å². The lowest BCUT2D eigenvalue weighted by Crippen LogP contribution is -2.05. The summed E-state index contributed by atoms with van der Waals surface area (Å²) in [5, 5.41) is 12.5. The molecule has 4 rings (SSSR count). The summed E-state index contributed by atoms with van der Waals surface area (Å²) in [6.07, 6.45) is 5.19. The van der Waals surface area contributed by atoms with Crippen molar-refractivity contribution in [3.63, 3.8) is 0 Å². The highest BCUT2D eigenvalue weighted by atomic mass is 15.3. The Balaban J connectivity index is 2.01. The van der Waals surface area contributed by atoms with Crippen molar-refractivity contribution in [1.29, 1.82) is 0 Å². The molecule has 6 heteroatoms. The van der Waals surface area contributed by atoms with Crippen LogP contribution in [0.2, 0.25) is 0 Å². The first kappa shape index (κ1) is 16.2. The lowest BCUT2D eigenvalue weighted by atomic mass is 10.0. The molecule has 0 aliphatic heterocycles. The molecular formula is C20H20N6. The number of hydrogen-bond donors (Lipinski definition) is 0. The minimum absolute atomic E-state index is 0.798. The Kier molecular flexibility index (Phi) is 3.88. The molecule has 3 heterocycles. The van der Waals surface area contributed by atoms with E-state index in [1.165, 1.54) is 5.56 Å². The lowest BCUT2D eigenvalue weighted by Gasteiger charge is -2.16. The van der Waals surface area contributed by atoms with E-state index in [9.17, 15) is 0 Å². The largest absolute Gasteiger partial charge is 0.271 e. The number of hydrogen-bond acceptors (Lipinski definition) is 4. The topological polar surface area (TPSA) is 61.4 Å². The summed E-state index contributed by atoms with van der Waals surface area (Å²) >= 11 is 0. The highest BCUT2D eigenvalue weighted by molar-refractivity contribution is 5.79. The van der Waals surface area contributed by atoms with Crippen LogP contribution in [0.1, 0.15) is 22.5 Å². The van der Waals surface area contributed by atoms with Gasteiger partial charge >= 0.3 is 0 Å². The summed E-state index contributed by atoms with van der Waals surface area (Å²) in [4.78, 5) is 4.64. The highest BCUT2D eigenvalue weighted by Gasteiger charge is 2.16. The van der Waals surface area contributed by atoms with Crippen LogP contribution in [0.3, 0.4) is 0 Å². The average molecular weight is 344 g/mol. The maximum absolute atomic E-state index is 4.69. The van der Waals surface area contributed by atoms with Crippen LogP contribution in [0, 0.1) is 27.7 Å². The molecule has 0 N–H and O–H groups in total. The van der Waals surface area contributed by atoms with Gasteiger partial charge in [0.05, 0.1) is 11.4 Å². The summed E-state index contributed by atoms with van der Waals surface area (Å²) in [6, 6.07) is 10.6. The third-order valence-corrected chi connectivity index (χ3v) is 4.35. The number of benzene rings is 1. The highest BCUT2D eigenvalue weighted by Crippen LogP contribution is 2.32. The van der Waals surface area contributed by atoms with E-state index in [0.29, 0.717) is 0 Å². The maximum Gasteiger partial charge on any atom is 0.147 e. The fourth-order valence-electron chi connectivity index (χ4n) is 3.19. The van der Waals surface area contributed by atoms with Crippen molar-refractivity contribution in [1.82, 2.24) is 29.5 Å². The van der Waals surface area contributed by atoms with Gasteiger partial charge in [0.25, 0.3) is 0 Å². The van der Waals surface area contributed by atoms with Gasteiger partial charge in [-0.3, -0.25) is 4.57 Å². The molecule has 0 aliphatic rings. The normalized spacial score (nSPS) is 11.1. The Bertz CT molecular complexity index is 1080. The molecule has 1 aromatic carbocycles. The first-order chi connectivity index (χ1) is 12.5. The summed E-state index contributed by atoms with van der Waals surface area (Å²) in [5.41, 5.74) is 7.50. The predicted molar refractivity (Wildman–Crippen MR) is 101 cm³/mol. The zero-order valence-electron chi connectivity index (χ0n) is 15.3. The van der Waals surface area contributed by atoms with Crippen LogP contribution in [0.4, 0.5) is 0 Å². The predicted octanol–water partition coefficient (Wildman–Crippen LogP) is 3.75. The summed E-state index contributed by atoms with van der Waals surface area (Å²) < 4.78 is 3.83. The van der Waals surface area contributed by atoms with Gasteiger partial charge in [0.15, 0.2) is 0 Å². The molecule has 0 atom stereocenters. The number of aryl methyl sites for hydroxylation is 4. The molecule has 0 radical (unpaired) electrons. The van der Waals surface area contributed by atoms with Crippen LogP contribution in [-0.4, -0.2) is 29.5 Å². The van der Waals surface area contributed by atoms with Crippen molar-refractivity contribution < 1.29 is 0 Å². The standard InChI is InChI=1S/C20H20N6/c1-13-5-6-17(19(8-13)26-16(4)9-15(3)24-26)18-7-14(2)10-21-20(18)25-11-22-23-12-25/h5-12H,1-4H3. The fraction of sp³-hybridized carbons (Fsp3) is 0.200. The van der Waals surface area contributed by atoms with E-state index in [0.717, 1.165) is 39.6 Å². The van der Waals surface area contributed by atoms with Crippen molar-refractivity contribution in [3.05, 3.63) is 71.7 Å². The molecule has 0 spiro atoms. The number of rotatable bonds is 3. The van der Waals surface area contributed by atoms with Gasteiger partial charge in [0, 0.05) is 23.0 Å². The maximum atomic E-state index is 4.69. The van der Waals surface area contributed by atoms with Crippen LogP contribution in [0.15, 0.2) is 49.2 Å². The van der Waals surface area contributed by atoms with E-state index >= 15 is 0 Å². The zero-order valence-corrected chi connectivity index (χ0v) is 15.3. The van der Waals surface area contributed by atoms with Gasteiger partial charge in [0.1, 0.15) is 18.5 Å². The zero-order chi connectivity index (χ0) is 18.3. The number of aromatic nitrogens is 6. The van der Waals surface area contributed by atoms with Gasteiger partial charge in [0.2, 0.25) is 0 Å². The van der Waals surface area contributed by atoms with Crippen molar-refractivity contribution >= 4 is 0 Å². The van der Waals surface area contributed by atoms with Gasteiger partial charge in [-0.25, -0.2) is 9.67 Å². The Morgan fingerprint density at radius 2 is 1.58 bits per heavy atom. The van der Waals surface area contributed by atoms with E-state index in [1.54, 1.807) is 12.7 Å². The van der Waals surface area contributed by atoms with E-state index < -0.39 is 0 Å². The molecule has 130 valence electrons. The lowest BCUT2D eigenvalue weighted by molar-refractivity contribution is 0.833. The second-order valence-electron chi connectivity index (χ2n) is 6.61. The molecule has 0 aliphatic carbocycles. The minimum atomic E-state index is 0.798. The fourth-order valence-corrected chi connectivity index (χ4v) is 3.19. The Morgan fingerprint density at radius 1 is 0.808 bits per heavy atom. The SMILES string of the molecule is Cc1cnc(-n2cnnc2)c(-c2ccc(C)cc2-n2nc(C)cc2C)c1. The van der Waals surface area contributed by atoms with Crippen molar-refractivity contribution in [2.75, 3.05) is 0 Å². The van der Waals surface area contributed by atoms with Crippen LogP contribution < -0.4 is 0 Å². The molecule has 4 aromatic rings.